The average molecular weight is 225 g/mol. The Labute approximate surface area is 95.6 Å². The Kier molecular flexibility index (Phi) is 4.49. The van der Waals surface area contributed by atoms with Gasteiger partial charge in [-0.05, 0) is 20.8 Å². The van der Waals surface area contributed by atoms with Gasteiger partial charge in [0.05, 0.1) is 19.2 Å². The predicted octanol–water partition coefficient (Wildman–Crippen LogP) is 1.42. The van der Waals surface area contributed by atoms with Crippen molar-refractivity contribution >= 4 is 5.97 Å². The molecule has 1 aromatic heterocycles. The minimum Gasteiger partial charge on any atom is -0.466 e. The molecule has 0 aromatic carbocycles. The number of nitrogens with zero attached hydrogens (tertiary/aromatic N) is 2. The van der Waals surface area contributed by atoms with Gasteiger partial charge in [0, 0.05) is 23.8 Å². The molecular weight excluding hydrogens is 206 g/mol. The van der Waals surface area contributed by atoms with Crippen LogP contribution in [0.25, 0.3) is 0 Å². The van der Waals surface area contributed by atoms with Crippen molar-refractivity contribution in [2.45, 2.75) is 39.3 Å². The minimum atomic E-state index is -0.341. The van der Waals surface area contributed by atoms with E-state index in [1.165, 1.54) is 0 Å². The van der Waals surface area contributed by atoms with Crippen LogP contribution in [0.4, 0.5) is 0 Å². The van der Waals surface area contributed by atoms with Gasteiger partial charge in [-0.1, -0.05) is 0 Å². The molecule has 1 aromatic rings. The largest absolute Gasteiger partial charge is 0.466 e. The first-order valence-corrected chi connectivity index (χ1v) is 5.49. The number of hydrogen-bond acceptors (Lipinski definition) is 4. The maximum atomic E-state index is 11.2. The van der Waals surface area contributed by atoms with E-state index in [0.29, 0.717) is 12.6 Å². The van der Waals surface area contributed by atoms with Gasteiger partial charge in [-0.3, -0.25) is 9.48 Å². The Balaban J connectivity index is 2.58. The van der Waals surface area contributed by atoms with Crippen LogP contribution in [-0.2, 0) is 9.53 Å². The van der Waals surface area contributed by atoms with Crippen LogP contribution >= 0.6 is 0 Å². The van der Waals surface area contributed by atoms with Crippen molar-refractivity contribution in [1.82, 2.24) is 9.78 Å². The van der Waals surface area contributed by atoms with Crippen molar-refractivity contribution < 1.29 is 9.53 Å². The maximum Gasteiger partial charge on any atom is 0.307 e. The smallest absolute Gasteiger partial charge is 0.307 e. The maximum absolute atomic E-state index is 11.2. The molecule has 0 amide bonds. The van der Waals surface area contributed by atoms with Gasteiger partial charge in [0.2, 0.25) is 0 Å². The van der Waals surface area contributed by atoms with E-state index in [4.69, 9.17) is 10.5 Å². The second-order valence-corrected chi connectivity index (χ2v) is 3.96. The van der Waals surface area contributed by atoms with Gasteiger partial charge in [0.15, 0.2) is 0 Å². The van der Waals surface area contributed by atoms with E-state index in [1.807, 2.05) is 24.7 Å². The van der Waals surface area contributed by atoms with Crippen molar-refractivity contribution in [3.8, 4) is 0 Å². The molecule has 1 atom stereocenters. The minimum absolute atomic E-state index is 0.192. The summed E-state index contributed by atoms with van der Waals surface area (Å²) in [5, 5.41) is 4.17. The lowest BCUT2D eigenvalue weighted by molar-refractivity contribution is -0.143. The molecule has 0 spiro atoms. The molecule has 1 rings (SSSR count). The number of esters is 1. The van der Waals surface area contributed by atoms with Crippen LogP contribution in [0.2, 0.25) is 0 Å². The first kappa shape index (κ1) is 12.7. The molecule has 5 nitrogen and oxygen atoms in total. The average Bonchev–Trinajstić information content (AvgIpc) is 2.66. The summed E-state index contributed by atoms with van der Waals surface area (Å²) < 4.78 is 6.66. The van der Waals surface area contributed by atoms with Gasteiger partial charge in [0.1, 0.15) is 0 Å². The normalized spacial score (nSPS) is 12.8. The van der Waals surface area contributed by atoms with Crippen molar-refractivity contribution in [2.24, 2.45) is 5.73 Å². The Morgan fingerprint density at radius 1 is 1.62 bits per heavy atom. The SMILES string of the molecule is CCOC(=O)C[C@@H](N)c1cnn(C(C)C)c1. The third-order valence-electron chi connectivity index (χ3n) is 2.27. The Morgan fingerprint density at radius 2 is 2.31 bits per heavy atom. The molecule has 0 unspecified atom stereocenters. The summed E-state index contributed by atoms with van der Waals surface area (Å²) in [7, 11) is 0. The molecule has 0 aliphatic rings. The zero-order valence-electron chi connectivity index (χ0n) is 10.0. The van der Waals surface area contributed by atoms with Crippen LogP contribution in [0.3, 0.4) is 0 Å². The van der Waals surface area contributed by atoms with Crippen molar-refractivity contribution in [3.05, 3.63) is 18.0 Å². The molecular formula is C11H19N3O2. The Bertz CT molecular complexity index is 347. The van der Waals surface area contributed by atoms with E-state index in [0.717, 1.165) is 5.56 Å². The summed E-state index contributed by atoms with van der Waals surface area (Å²) in [5.74, 6) is -0.271. The fourth-order valence-corrected chi connectivity index (χ4v) is 1.34. The molecule has 0 saturated heterocycles. The first-order chi connectivity index (χ1) is 7.54. The fraction of sp³-hybridized carbons (Fsp3) is 0.636. The molecule has 0 saturated carbocycles. The second-order valence-electron chi connectivity index (χ2n) is 3.96. The Hall–Kier alpha value is -1.36. The van der Waals surface area contributed by atoms with Gasteiger partial charge in [0.25, 0.3) is 0 Å². The van der Waals surface area contributed by atoms with Gasteiger partial charge < -0.3 is 10.5 Å². The number of rotatable bonds is 5. The molecule has 1 heterocycles. The molecule has 16 heavy (non-hydrogen) atoms. The number of carbonyl (C=O) groups is 1. The van der Waals surface area contributed by atoms with Crippen LogP contribution < -0.4 is 5.73 Å². The fourth-order valence-electron chi connectivity index (χ4n) is 1.34. The summed E-state index contributed by atoms with van der Waals surface area (Å²) >= 11 is 0. The highest BCUT2D eigenvalue weighted by atomic mass is 16.5. The van der Waals surface area contributed by atoms with Crippen LogP contribution in [0, 0.1) is 0 Å². The molecule has 0 bridgehead atoms. The summed E-state index contributed by atoms with van der Waals surface area (Å²) in [6, 6.07) is -0.0462. The lowest BCUT2D eigenvalue weighted by atomic mass is 10.1. The zero-order valence-corrected chi connectivity index (χ0v) is 10.0. The van der Waals surface area contributed by atoms with Gasteiger partial charge in [-0.15, -0.1) is 0 Å². The van der Waals surface area contributed by atoms with Crippen molar-refractivity contribution in [1.29, 1.82) is 0 Å². The number of ether oxygens (including phenoxy) is 1. The molecule has 5 heteroatoms. The van der Waals surface area contributed by atoms with Crippen molar-refractivity contribution in [2.75, 3.05) is 6.61 Å². The summed E-state index contributed by atoms with van der Waals surface area (Å²) in [4.78, 5) is 11.2. The lowest BCUT2D eigenvalue weighted by Gasteiger charge is -2.08. The second kappa shape index (κ2) is 5.65. The van der Waals surface area contributed by atoms with E-state index in [-0.39, 0.29) is 18.4 Å². The number of carbonyl (C=O) groups excluding carboxylic acids is 1. The standard InChI is InChI=1S/C11H19N3O2/c1-4-16-11(15)5-10(12)9-6-13-14(7-9)8(2)3/h6-8,10H,4-5,12H2,1-3H3/t10-/m1/s1. The molecule has 2 N–H and O–H groups in total. The third kappa shape index (κ3) is 3.34. The van der Waals surface area contributed by atoms with Crippen LogP contribution in [0.5, 0.6) is 0 Å². The van der Waals surface area contributed by atoms with E-state index < -0.39 is 0 Å². The molecule has 0 radical (unpaired) electrons. The van der Waals surface area contributed by atoms with Crippen molar-refractivity contribution in [3.63, 3.8) is 0 Å². The lowest BCUT2D eigenvalue weighted by Crippen LogP contribution is -2.16. The molecule has 0 aliphatic carbocycles. The van der Waals surface area contributed by atoms with Crippen LogP contribution in [0.1, 0.15) is 44.8 Å². The van der Waals surface area contributed by atoms with E-state index >= 15 is 0 Å². The zero-order chi connectivity index (χ0) is 12.1. The van der Waals surface area contributed by atoms with Crippen LogP contribution in [0.15, 0.2) is 12.4 Å². The quantitative estimate of drug-likeness (QED) is 0.769. The number of nitrogens with two attached hydrogens (primary N) is 1. The summed E-state index contributed by atoms with van der Waals surface area (Å²) in [6.45, 7) is 6.23. The van der Waals surface area contributed by atoms with Gasteiger partial charge in [-0.2, -0.15) is 5.10 Å². The summed E-state index contributed by atoms with van der Waals surface area (Å²) in [6.07, 6.45) is 3.76. The number of aromatic nitrogens is 2. The summed E-state index contributed by atoms with van der Waals surface area (Å²) in [5.41, 5.74) is 6.75. The molecule has 90 valence electrons. The third-order valence-corrected chi connectivity index (χ3v) is 2.27. The van der Waals surface area contributed by atoms with E-state index in [2.05, 4.69) is 5.10 Å². The van der Waals surface area contributed by atoms with E-state index in [9.17, 15) is 4.79 Å². The first-order valence-electron chi connectivity index (χ1n) is 5.49. The monoisotopic (exact) mass is 225 g/mol. The Morgan fingerprint density at radius 3 is 2.81 bits per heavy atom. The van der Waals surface area contributed by atoms with E-state index in [1.54, 1.807) is 13.1 Å². The van der Waals surface area contributed by atoms with Gasteiger partial charge >= 0.3 is 5.97 Å². The van der Waals surface area contributed by atoms with Gasteiger partial charge in [-0.25, -0.2) is 0 Å². The highest BCUT2D eigenvalue weighted by Crippen LogP contribution is 2.15. The number of hydrogen-bond donors (Lipinski definition) is 1. The van der Waals surface area contributed by atoms with Crippen LogP contribution in [-0.4, -0.2) is 22.4 Å². The predicted molar refractivity (Wildman–Crippen MR) is 60.8 cm³/mol. The molecule has 0 aliphatic heterocycles. The highest BCUT2D eigenvalue weighted by Gasteiger charge is 2.14. The highest BCUT2D eigenvalue weighted by molar-refractivity contribution is 5.70. The topological polar surface area (TPSA) is 70.1 Å². The molecule has 0 fully saturated rings.